The first kappa shape index (κ1) is 16.0. The number of amides is 1. The first-order valence-corrected chi connectivity index (χ1v) is 7.76. The summed E-state index contributed by atoms with van der Waals surface area (Å²) >= 11 is 0. The molecule has 7 heteroatoms. The number of aliphatic hydroxyl groups excluding tert-OH is 2. The van der Waals surface area contributed by atoms with Gasteiger partial charge in [-0.3, -0.25) is 4.79 Å². The first-order valence-electron chi connectivity index (χ1n) is 7.76. The SMILES string of the molecule is CCCN(C(=O)c1ccc2c(c1)OCO2)[C@@H]1COC[C@@H](O)[C@H]1O. The van der Waals surface area contributed by atoms with Crippen molar-refractivity contribution in [2.24, 2.45) is 0 Å². The van der Waals surface area contributed by atoms with E-state index in [1.54, 1.807) is 23.1 Å². The second kappa shape index (κ2) is 6.74. The maximum Gasteiger partial charge on any atom is 0.254 e. The smallest absolute Gasteiger partial charge is 0.254 e. The summed E-state index contributed by atoms with van der Waals surface area (Å²) in [7, 11) is 0. The molecule has 0 bridgehead atoms. The lowest BCUT2D eigenvalue weighted by Gasteiger charge is -2.39. The molecule has 2 N–H and O–H groups in total. The molecule has 0 spiro atoms. The number of rotatable bonds is 4. The summed E-state index contributed by atoms with van der Waals surface area (Å²) in [6.45, 7) is 2.84. The number of aliphatic hydroxyl groups is 2. The molecule has 0 aromatic heterocycles. The monoisotopic (exact) mass is 323 g/mol. The van der Waals surface area contributed by atoms with Crippen molar-refractivity contribution in [1.29, 1.82) is 0 Å². The molecule has 2 heterocycles. The lowest BCUT2D eigenvalue weighted by Crippen LogP contribution is -2.57. The minimum absolute atomic E-state index is 0.0792. The Balaban J connectivity index is 1.84. The molecule has 1 aromatic carbocycles. The lowest BCUT2D eigenvalue weighted by atomic mass is 10.0. The Morgan fingerprint density at radius 3 is 2.83 bits per heavy atom. The molecule has 23 heavy (non-hydrogen) atoms. The van der Waals surface area contributed by atoms with Crippen LogP contribution in [-0.4, -0.2) is 65.8 Å². The van der Waals surface area contributed by atoms with Crippen LogP contribution in [0.15, 0.2) is 18.2 Å². The highest BCUT2D eigenvalue weighted by atomic mass is 16.7. The van der Waals surface area contributed by atoms with Crippen LogP contribution in [-0.2, 0) is 4.74 Å². The van der Waals surface area contributed by atoms with Gasteiger partial charge in [-0.1, -0.05) is 6.92 Å². The van der Waals surface area contributed by atoms with Crippen LogP contribution < -0.4 is 9.47 Å². The summed E-state index contributed by atoms with van der Waals surface area (Å²) in [6, 6.07) is 4.43. The number of ether oxygens (including phenoxy) is 3. The van der Waals surface area contributed by atoms with Crippen molar-refractivity contribution in [2.75, 3.05) is 26.6 Å². The van der Waals surface area contributed by atoms with Gasteiger partial charge < -0.3 is 29.3 Å². The van der Waals surface area contributed by atoms with Gasteiger partial charge in [-0.25, -0.2) is 0 Å². The number of carbonyl (C=O) groups excluding carboxylic acids is 1. The van der Waals surface area contributed by atoms with Gasteiger partial charge in [0.05, 0.1) is 19.3 Å². The molecule has 126 valence electrons. The van der Waals surface area contributed by atoms with E-state index in [4.69, 9.17) is 14.2 Å². The third-order valence-corrected chi connectivity index (χ3v) is 4.11. The summed E-state index contributed by atoms with van der Waals surface area (Å²) < 4.78 is 15.9. The molecule has 3 atom stereocenters. The van der Waals surface area contributed by atoms with E-state index in [9.17, 15) is 15.0 Å². The van der Waals surface area contributed by atoms with Gasteiger partial charge in [0.2, 0.25) is 6.79 Å². The van der Waals surface area contributed by atoms with Gasteiger partial charge in [0.1, 0.15) is 12.2 Å². The topological polar surface area (TPSA) is 88.5 Å². The van der Waals surface area contributed by atoms with Crippen molar-refractivity contribution >= 4 is 5.91 Å². The zero-order valence-corrected chi connectivity index (χ0v) is 13.0. The molecule has 1 amide bonds. The summed E-state index contributed by atoms with van der Waals surface area (Å²) in [5.74, 6) is 0.916. The molecule has 1 saturated heterocycles. The zero-order valence-electron chi connectivity index (χ0n) is 13.0. The maximum atomic E-state index is 12.9. The molecule has 3 rings (SSSR count). The van der Waals surface area contributed by atoms with Crippen molar-refractivity contribution in [3.63, 3.8) is 0 Å². The Morgan fingerprint density at radius 1 is 1.26 bits per heavy atom. The maximum absolute atomic E-state index is 12.9. The van der Waals surface area contributed by atoms with Gasteiger partial charge in [0.25, 0.3) is 5.91 Å². The fraction of sp³-hybridized carbons (Fsp3) is 0.562. The van der Waals surface area contributed by atoms with Crippen LogP contribution in [0.5, 0.6) is 11.5 Å². The van der Waals surface area contributed by atoms with Crippen molar-refractivity contribution < 1.29 is 29.2 Å². The Hall–Kier alpha value is -1.83. The van der Waals surface area contributed by atoms with Crippen molar-refractivity contribution in [3.05, 3.63) is 23.8 Å². The second-order valence-corrected chi connectivity index (χ2v) is 5.73. The van der Waals surface area contributed by atoms with Gasteiger partial charge in [-0.15, -0.1) is 0 Å². The number of hydrogen-bond donors (Lipinski definition) is 2. The average molecular weight is 323 g/mol. The summed E-state index contributed by atoms with van der Waals surface area (Å²) in [5, 5.41) is 20.0. The van der Waals surface area contributed by atoms with E-state index in [0.29, 0.717) is 23.6 Å². The number of carbonyl (C=O) groups is 1. The normalized spacial score (nSPS) is 26.1. The van der Waals surface area contributed by atoms with Crippen LogP contribution in [0.4, 0.5) is 0 Å². The summed E-state index contributed by atoms with van der Waals surface area (Å²) in [5.41, 5.74) is 0.454. The molecule has 1 aromatic rings. The molecular weight excluding hydrogens is 302 g/mol. The Bertz CT molecular complexity index is 578. The lowest BCUT2D eigenvalue weighted by molar-refractivity contribution is -0.125. The second-order valence-electron chi connectivity index (χ2n) is 5.73. The highest BCUT2D eigenvalue weighted by Gasteiger charge is 2.37. The standard InChI is InChI=1S/C16H21NO6/c1-2-5-17(11-7-21-8-12(18)15(11)19)16(20)10-3-4-13-14(6-10)23-9-22-13/h3-4,6,11-12,15,18-19H,2,5,7-9H2,1H3/t11-,12-,15+/m1/s1. The van der Waals surface area contributed by atoms with Crippen LogP contribution in [0.25, 0.3) is 0 Å². The Kier molecular flexibility index (Phi) is 4.70. The zero-order chi connectivity index (χ0) is 16.4. The predicted octanol–water partition coefficient (Wildman–Crippen LogP) is 0.388. The molecule has 2 aliphatic rings. The van der Waals surface area contributed by atoms with Gasteiger partial charge in [0, 0.05) is 12.1 Å². The van der Waals surface area contributed by atoms with Crippen LogP contribution in [0.2, 0.25) is 0 Å². The molecule has 7 nitrogen and oxygen atoms in total. The van der Waals surface area contributed by atoms with E-state index >= 15 is 0 Å². The van der Waals surface area contributed by atoms with Crippen molar-refractivity contribution in [1.82, 2.24) is 4.90 Å². The van der Waals surface area contributed by atoms with E-state index in [1.807, 2.05) is 6.92 Å². The van der Waals surface area contributed by atoms with E-state index in [-0.39, 0.29) is 25.9 Å². The predicted molar refractivity (Wildman–Crippen MR) is 80.5 cm³/mol. The van der Waals surface area contributed by atoms with Crippen LogP contribution in [0.1, 0.15) is 23.7 Å². The highest BCUT2D eigenvalue weighted by molar-refractivity contribution is 5.95. The Labute approximate surface area is 134 Å². The third kappa shape index (κ3) is 3.12. The highest BCUT2D eigenvalue weighted by Crippen LogP contribution is 2.33. The Morgan fingerprint density at radius 2 is 2.04 bits per heavy atom. The van der Waals surface area contributed by atoms with E-state index in [2.05, 4.69) is 0 Å². The minimum atomic E-state index is -1.02. The fourth-order valence-electron chi connectivity index (χ4n) is 2.89. The van der Waals surface area contributed by atoms with Gasteiger partial charge in [-0.2, -0.15) is 0 Å². The van der Waals surface area contributed by atoms with E-state index < -0.39 is 18.2 Å². The quantitative estimate of drug-likeness (QED) is 0.833. The van der Waals surface area contributed by atoms with Gasteiger partial charge in [-0.05, 0) is 24.6 Å². The van der Waals surface area contributed by atoms with Gasteiger partial charge in [0.15, 0.2) is 11.5 Å². The number of benzene rings is 1. The number of fused-ring (bicyclic) bond motifs is 1. The molecule has 1 fully saturated rings. The minimum Gasteiger partial charge on any atom is -0.454 e. The molecule has 0 saturated carbocycles. The third-order valence-electron chi connectivity index (χ3n) is 4.11. The molecular formula is C16H21NO6. The van der Waals surface area contributed by atoms with Crippen LogP contribution in [0.3, 0.4) is 0 Å². The average Bonchev–Trinajstić information content (AvgIpc) is 3.02. The van der Waals surface area contributed by atoms with Gasteiger partial charge >= 0.3 is 0 Å². The first-order chi connectivity index (χ1) is 11.1. The number of nitrogens with zero attached hydrogens (tertiary/aromatic N) is 1. The fourth-order valence-corrected chi connectivity index (χ4v) is 2.89. The molecule has 0 radical (unpaired) electrons. The largest absolute Gasteiger partial charge is 0.454 e. The van der Waals surface area contributed by atoms with E-state index in [1.165, 1.54) is 0 Å². The molecule has 0 aliphatic carbocycles. The summed E-state index contributed by atoms with van der Waals surface area (Å²) in [6.07, 6.45) is -1.28. The van der Waals surface area contributed by atoms with E-state index in [0.717, 1.165) is 6.42 Å². The molecule has 2 aliphatic heterocycles. The van der Waals surface area contributed by atoms with Crippen molar-refractivity contribution in [2.45, 2.75) is 31.6 Å². The van der Waals surface area contributed by atoms with Crippen LogP contribution >= 0.6 is 0 Å². The summed E-state index contributed by atoms with van der Waals surface area (Å²) in [4.78, 5) is 14.4. The van der Waals surface area contributed by atoms with Crippen molar-refractivity contribution in [3.8, 4) is 11.5 Å². The van der Waals surface area contributed by atoms with Crippen LogP contribution in [0, 0.1) is 0 Å². The number of hydrogen-bond acceptors (Lipinski definition) is 6. The molecule has 0 unspecified atom stereocenters.